The number of amides is 1. The van der Waals surface area contributed by atoms with Crippen LogP contribution in [0.2, 0.25) is 0 Å². The molecule has 1 heterocycles. The summed E-state index contributed by atoms with van der Waals surface area (Å²) in [5.41, 5.74) is 1.03. The molecule has 17 heavy (non-hydrogen) atoms. The van der Waals surface area contributed by atoms with Gasteiger partial charge < -0.3 is 10.4 Å². The number of aliphatic hydroxyl groups excluding tert-OH is 1. The smallest absolute Gasteiger partial charge is 0.230 e. The van der Waals surface area contributed by atoms with E-state index in [1.807, 2.05) is 19.2 Å². The third-order valence-electron chi connectivity index (χ3n) is 2.16. The highest BCUT2D eigenvalue weighted by atomic mass is 32.2. The molecule has 0 aliphatic carbocycles. The van der Waals surface area contributed by atoms with Crippen molar-refractivity contribution in [2.75, 3.05) is 12.3 Å². The van der Waals surface area contributed by atoms with Gasteiger partial charge in [-0.2, -0.15) is 0 Å². The minimum absolute atomic E-state index is 0.0329. The van der Waals surface area contributed by atoms with Crippen molar-refractivity contribution < 1.29 is 9.90 Å². The minimum atomic E-state index is -0.440. The molecule has 1 aromatic heterocycles. The molecule has 2 N–H and O–H groups in total. The number of hydrogen-bond acceptors (Lipinski definition) is 5. The van der Waals surface area contributed by atoms with Gasteiger partial charge in [-0.1, -0.05) is 6.92 Å². The number of rotatable bonds is 7. The molecule has 1 rings (SSSR count). The second-order valence-electron chi connectivity index (χ2n) is 3.72. The molecule has 4 nitrogen and oxygen atoms in total. The standard InChI is InChI=1S/C11H18N2O2S2/c1-3-10(14)4-12-11(15)7-16-5-9-6-17-8(2)13-9/h6,10,14H,3-5,7H2,1-2H3,(H,12,15). The summed E-state index contributed by atoms with van der Waals surface area (Å²) in [6.07, 6.45) is 0.219. The molecule has 0 aliphatic heterocycles. The first kappa shape index (κ1) is 14.5. The Morgan fingerprint density at radius 1 is 1.71 bits per heavy atom. The Balaban J connectivity index is 2.12. The first-order valence-electron chi connectivity index (χ1n) is 5.55. The fraction of sp³-hybridized carbons (Fsp3) is 0.636. The molecule has 0 fully saturated rings. The summed E-state index contributed by atoms with van der Waals surface area (Å²) < 4.78 is 0. The average Bonchev–Trinajstić information content (AvgIpc) is 2.72. The zero-order chi connectivity index (χ0) is 12.7. The van der Waals surface area contributed by atoms with Crippen LogP contribution in [0.5, 0.6) is 0 Å². The fourth-order valence-corrected chi connectivity index (χ4v) is 2.61. The summed E-state index contributed by atoms with van der Waals surface area (Å²) in [4.78, 5) is 15.7. The molecule has 1 unspecified atom stereocenters. The Morgan fingerprint density at radius 3 is 3.06 bits per heavy atom. The lowest BCUT2D eigenvalue weighted by molar-refractivity contribution is -0.119. The molecule has 0 aromatic carbocycles. The van der Waals surface area contributed by atoms with Crippen molar-refractivity contribution in [3.05, 3.63) is 16.1 Å². The largest absolute Gasteiger partial charge is 0.391 e. The Hall–Kier alpha value is -0.590. The first-order valence-corrected chi connectivity index (χ1v) is 7.58. The van der Waals surface area contributed by atoms with Gasteiger partial charge in [-0.25, -0.2) is 4.98 Å². The van der Waals surface area contributed by atoms with Crippen molar-refractivity contribution in [1.82, 2.24) is 10.3 Å². The van der Waals surface area contributed by atoms with Crippen LogP contribution in [0, 0.1) is 6.92 Å². The second-order valence-corrected chi connectivity index (χ2v) is 5.76. The summed E-state index contributed by atoms with van der Waals surface area (Å²) in [5, 5.41) is 15.0. The number of aliphatic hydroxyl groups is 1. The fourth-order valence-electron chi connectivity index (χ4n) is 1.15. The summed E-state index contributed by atoms with van der Waals surface area (Å²) in [6.45, 7) is 4.19. The number of aryl methyl sites for hydroxylation is 1. The summed E-state index contributed by atoms with van der Waals surface area (Å²) in [5.74, 6) is 1.13. The molecule has 1 amide bonds. The van der Waals surface area contributed by atoms with E-state index < -0.39 is 6.10 Å². The average molecular weight is 274 g/mol. The minimum Gasteiger partial charge on any atom is -0.391 e. The van der Waals surface area contributed by atoms with E-state index in [1.165, 1.54) is 11.8 Å². The predicted molar refractivity (Wildman–Crippen MR) is 72.3 cm³/mol. The third-order valence-corrected chi connectivity index (χ3v) is 3.94. The molecule has 0 saturated heterocycles. The number of hydrogen-bond donors (Lipinski definition) is 2. The van der Waals surface area contributed by atoms with E-state index in [0.717, 1.165) is 16.5 Å². The van der Waals surface area contributed by atoms with Gasteiger partial charge in [0, 0.05) is 17.7 Å². The number of nitrogens with one attached hydrogen (secondary N) is 1. The van der Waals surface area contributed by atoms with Crippen LogP contribution in [-0.2, 0) is 10.5 Å². The van der Waals surface area contributed by atoms with E-state index in [-0.39, 0.29) is 5.91 Å². The summed E-state index contributed by atoms with van der Waals surface area (Å²) in [6, 6.07) is 0. The molecule has 1 aromatic rings. The SMILES string of the molecule is CCC(O)CNC(=O)CSCc1csc(C)n1. The summed E-state index contributed by atoms with van der Waals surface area (Å²) >= 11 is 3.16. The van der Waals surface area contributed by atoms with Gasteiger partial charge in [0.2, 0.25) is 5.91 Å². The van der Waals surface area contributed by atoms with Gasteiger partial charge >= 0.3 is 0 Å². The van der Waals surface area contributed by atoms with Gasteiger partial charge in [0.25, 0.3) is 0 Å². The zero-order valence-corrected chi connectivity index (χ0v) is 11.7. The number of aromatic nitrogens is 1. The molecular weight excluding hydrogens is 256 g/mol. The van der Waals surface area contributed by atoms with Crippen LogP contribution in [0.4, 0.5) is 0 Å². The number of carbonyl (C=O) groups excluding carboxylic acids is 1. The van der Waals surface area contributed by atoms with E-state index in [2.05, 4.69) is 10.3 Å². The lowest BCUT2D eigenvalue weighted by atomic mass is 10.3. The monoisotopic (exact) mass is 274 g/mol. The molecule has 0 saturated carbocycles. The van der Waals surface area contributed by atoms with Crippen molar-refractivity contribution in [2.24, 2.45) is 0 Å². The van der Waals surface area contributed by atoms with Gasteiger partial charge in [-0.05, 0) is 13.3 Å². The van der Waals surface area contributed by atoms with E-state index >= 15 is 0 Å². The van der Waals surface area contributed by atoms with Crippen LogP contribution in [0.25, 0.3) is 0 Å². The number of nitrogens with zero attached hydrogens (tertiary/aromatic N) is 1. The Kier molecular flexibility index (Phi) is 6.54. The summed E-state index contributed by atoms with van der Waals surface area (Å²) in [7, 11) is 0. The lowest BCUT2D eigenvalue weighted by Crippen LogP contribution is -2.32. The zero-order valence-electron chi connectivity index (χ0n) is 10.1. The third kappa shape index (κ3) is 6.05. The molecule has 0 spiro atoms. The molecule has 0 radical (unpaired) electrons. The molecule has 1 atom stereocenters. The van der Waals surface area contributed by atoms with Crippen molar-refractivity contribution in [3.63, 3.8) is 0 Å². The number of carbonyl (C=O) groups is 1. The highest BCUT2D eigenvalue weighted by Crippen LogP contribution is 2.14. The van der Waals surface area contributed by atoms with E-state index in [0.29, 0.717) is 18.7 Å². The van der Waals surface area contributed by atoms with Gasteiger partial charge in [0.15, 0.2) is 0 Å². The normalized spacial score (nSPS) is 12.4. The van der Waals surface area contributed by atoms with E-state index in [9.17, 15) is 9.90 Å². The maximum atomic E-state index is 11.4. The maximum absolute atomic E-state index is 11.4. The lowest BCUT2D eigenvalue weighted by Gasteiger charge is -2.08. The van der Waals surface area contributed by atoms with Crippen molar-refractivity contribution in [2.45, 2.75) is 32.1 Å². The molecule has 6 heteroatoms. The molecule has 0 aliphatic rings. The molecule has 96 valence electrons. The topological polar surface area (TPSA) is 62.2 Å². The highest BCUT2D eigenvalue weighted by molar-refractivity contribution is 7.99. The predicted octanol–water partition coefficient (Wildman–Crippen LogP) is 1.57. The van der Waals surface area contributed by atoms with Gasteiger partial charge in [0.1, 0.15) is 0 Å². The van der Waals surface area contributed by atoms with Crippen LogP contribution >= 0.6 is 23.1 Å². The van der Waals surface area contributed by atoms with Gasteiger partial charge in [-0.15, -0.1) is 23.1 Å². The van der Waals surface area contributed by atoms with E-state index in [1.54, 1.807) is 11.3 Å². The Labute approximate surface area is 110 Å². The number of thioether (sulfide) groups is 1. The van der Waals surface area contributed by atoms with Crippen molar-refractivity contribution in [3.8, 4) is 0 Å². The van der Waals surface area contributed by atoms with Crippen LogP contribution in [-0.4, -0.2) is 34.4 Å². The van der Waals surface area contributed by atoms with Crippen molar-refractivity contribution in [1.29, 1.82) is 0 Å². The van der Waals surface area contributed by atoms with Crippen LogP contribution in [0.15, 0.2) is 5.38 Å². The Bertz CT molecular complexity index is 355. The quantitative estimate of drug-likeness (QED) is 0.792. The van der Waals surface area contributed by atoms with Gasteiger partial charge in [0.05, 0.1) is 22.6 Å². The van der Waals surface area contributed by atoms with Crippen LogP contribution in [0.3, 0.4) is 0 Å². The van der Waals surface area contributed by atoms with E-state index in [4.69, 9.17) is 0 Å². The molecule has 0 bridgehead atoms. The molecular formula is C11H18N2O2S2. The maximum Gasteiger partial charge on any atom is 0.230 e. The van der Waals surface area contributed by atoms with Crippen molar-refractivity contribution >= 4 is 29.0 Å². The van der Waals surface area contributed by atoms with Crippen LogP contribution < -0.4 is 5.32 Å². The highest BCUT2D eigenvalue weighted by Gasteiger charge is 2.06. The Morgan fingerprint density at radius 2 is 2.47 bits per heavy atom. The first-order chi connectivity index (χ1) is 8.11. The number of thiazole rings is 1. The second kappa shape index (κ2) is 7.68. The van der Waals surface area contributed by atoms with Gasteiger partial charge in [-0.3, -0.25) is 4.79 Å². The van der Waals surface area contributed by atoms with Crippen LogP contribution in [0.1, 0.15) is 24.0 Å².